The standard InChI is InChI=1S/C12H23N5O2/c1-4-5-6-7(11(18-2)19-3)8-9(13)16-12(15)17-10(8)14/h7,11H,4-6H2,1-3H3,(H6,13,14,15,16,17). The molecule has 6 N–H and O–H groups in total. The van der Waals surface area contributed by atoms with E-state index >= 15 is 0 Å². The highest BCUT2D eigenvalue weighted by atomic mass is 16.7. The first-order valence-electron chi connectivity index (χ1n) is 6.29. The highest BCUT2D eigenvalue weighted by Crippen LogP contribution is 2.34. The summed E-state index contributed by atoms with van der Waals surface area (Å²) in [5.41, 5.74) is 18.0. The highest BCUT2D eigenvalue weighted by molar-refractivity contribution is 5.57. The van der Waals surface area contributed by atoms with Crippen molar-refractivity contribution in [2.45, 2.75) is 38.4 Å². The molecular formula is C12H23N5O2. The Hall–Kier alpha value is -1.60. The molecule has 1 unspecified atom stereocenters. The SMILES string of the molecule is CCCCC(c1c(N)nc(N)nc1N)C(OC)OC. The van der Waals surface area contributed by atoms with E-state index in [2.05, 4.69) is 16.9 Å². The van der Waals surface area contributed by atoms with Crippen molar-refractivity contribution in [2.75, 3.05) is 31.4 Å². The number of methoxy groups -OCH3 is 2. The Balaban J connectivity index is 3.16. The Morgan fingerprint density at radius 3 is 2.00 bits per heavy atom. The van der Waals surface area contributed by atoms with Crippen LogP contribution in [0.25, 0.3) is 0 Å². The van der Waals surface area contributed by atoms with Crippen molar-refractivity contribution >= 4 is 17.6 Å². The maximum Gasteiger partial charge on any atom is 0.223 e. The van der Waals surface area contributed by atoms with Crippen LogP contribution in [0.4, 0.5) is 17.6 Å². The number of nitrogens with two attached hydrogens (primary N) is 3. The van der Waals surface area contributed by atoms with Crippen LogP contribution in [-0.2, 0) is 9.47 Å². The summed E-state index contributed by atoms with van der Waals surface area (Å²) in [6.45, 7) is 2.11. The van der Waals surface area contributed by atoms with Crippen LogP contribution in [0.3, 0.4) is 0 Å². The molecule has 0 fully saturated rings. The van der Waals surface area contributed by atoms with E-state index in [1.54, 1.807) is 14.2 Å². The third kappa shape index (κ3) is 3.68. The van der Waals surface area contributed by atoms with Gasteiger partial charge in [-0.2, -0.15) is 9.97 Å². The van der Waals surface area contributed by atoms with E-state index in [0.29, 0.717) is 5.56 Å². The van der Waals surface area contributed by atoms with E-state index in [4.69, 9.17) is 26.7 Å². The molecule has 1 heterocycles. The first-order chi connectivity index (χ1) is 9.04. The molecule has 0 amide bonds. The average molecular weight is 269 g/mol. The molecule has 1 atom stereocenters. The van der Waals surface area contributed by atoms with Crippen LogP contribution in [-0.4, -0.2) is 30.5 Å². The highest BCUT2D eigenvalue weighted by Gasteiger charge is 2.28. The van der Waals surface area contributed by atoms with E-state index in [-0.39, 0.29) is 23.5 Å². The van der Waals surface area contributed by atoms with E-state index in [1.807, 2.05) is 0 Å². The summed E-state index contributed by atoms with van der Waals surface area (Å²) in [7, 11) is 3.16. The van der Waals surface area contributed by atoms with E-state index < -0.39 is 6.29 Å². The minimum atomic E-state index is -0.441. The van der Waals surface area contributed by atoms with Gasteiger partial charge in [-0.25, -0.2) is 0 Å². The normalized spacial score (nSPS) is 12.8. The predicted octanol–water partition coefficient (Wildman–Crippen LogP) is 1.12. The Kier molecular flexibility index (Phi) is 5.78. The fourth-order valence-corrected chi connectivity index (χ4v) is 2.17. The van der Waals surface area contributed by atoms with Gasteiger partial charge in [0.25, 0.3) is 0 Å². The van der Waals surface area contributed by atoms with Crippen molar-refractivity contribution in [2.24, 2.45) is 0 Å². The zero-order chi connectivity index (χ0) is 14.4. The molecule has 0 aliphatic rings. The number of rotatable bonds is 7. The number of aromatic nitrogens is 2. The van der Waals surface area contributed by atoms with E-state index in [9.17, 15) is 0 Å². The lowest BCUT2D eigenvalue weighted by Crippen LogP contribution is -2.26. The summed E-state index contributed by atoms with van der Waals surface area (Å²) in [4.78, 5) is 7.94. The molecule has 0 saturated heterocycles. The van der Waals surface area contributed by atoms with Crippen LogP contribution >= 0.6 is 0 Å². The van der Waals surface area contributed by atoms with Crippen molar-refractivity contribution < 1.29 is 9.47 Å². The van der Waals surface area contributed by atoms with Gasteiger partial charge in [0, 0.05) is 25.7 Å². The van der Waals surface area contributed by atoms with Gasteiger partial charge in [0.05, 0.1) is 0 Å². The fraction of sp³-hybridized carbons (Fsp3) is 0.667. The van der Waals surface area contributed by atoms with Gasteiger partial charge in [-0.3, -0.25) is 0 Å². The summed E-state index contributed by atoms with van der Waals surface area (Å²) in [6.07, 6.45) is 2.43. The van der Waals surface area contributed by atoms with Crippen molar-refractivity contribution in [1.29, 1.82) is 0 Å². The molecule has 0 bridgehead atoms. The van der Waals surface area contributed by atoms with Gasteiger partial charge in [0.1, 0.15) is 11.6 Å². The monoisotopic (exact) mass is 269 g/mol. The van der Waals surface area contributed by atoms with Crippen LogP contribution in [0.5, 0.6) is 0 Å². The molecule has 1 rings (SSSR count). The van der Waals surface area contributed by atoms with Crippen LogP contribution < -0.4 is 17.2 Å². The van der Waals surface area contributed by atoms with Gasteiger partial charge < -0.3 is 26.7 Å². The number of unbranched alkanes of at least 4 members (excludes halogenated alkanes) is 1. The molecule has 0 aliphatic heterocycles. The van der Waals surface area contributed by atoms with Crippen molar-refractivity contribution in [1.82, 2.24) is 9.97 Å². The van der Waals surface area contributed by atoms with Gasteiger partial charge >= 0.3 is 0 Å². The number of ether oxygens (including phenoxy) is 2. The number of hydrogen-bond acceptors (Lipinski definition) is 7. The molecule has 0 aromatic carbocycles. The smallest absolute Gasteiger partial charge is 0.223 e. The van der Waals surface area contributed by atoms with Crippen LogP contribution in [0.1, 0.15) is 37.7 Å². The number of hydrogen-bond donors (Lipinski definition) is 3. The first kappa shape index (κ1) is 15.5. The van der Waals surface area contributed by atoms with Crippen molar-refractivity contribution in [3.05, 3.63) is 5.56 Å². The first-order valence-corrected chi connectivity index (χ1v) is 6.29. The third-order valence-electron chi connectivity index (χ3n) is 3.05. The lowest BCUT2D eigenvalue weighted by Gasteiger charge is -2.26. The average Bonchev–Trinajstić information content (AvgIpc) is 2.35. The number of anilines is 3. The van der Waals surface area contributed by atoms with Gasteiger partial charge in [-0.05, 0) is 6.42 Å². The Labute approximate surface area is 113 Å². The Morgan fingerprint density at radius 1 is 1.05 bits per heavy atom. The number of nitrogen functional groups attached to an aromatic ring is 3. The maximum atomic E-state index is 5.92. The Morgan fingerprint density at radius 2 is 1.58 bits per heavy atom. The largest absolute Gasteiger partial charge is 0.383 e. The zero-order valence-electron chi connectivity index (χ0n) is 11.7. The molecule has 19 heavy (non-hydrogen) atoms. The molecule has 108 valence electrons. The maximum absolute atomic E-state index is 5.92. The molecular weight excluding hydrogens is 246 g/mol. The topological polar surface area (TPSA) is 122 Å². The number of nitrogens with zero attached hydrogens (tertiary/aromatic N) is 2. The van der Waals surface area contributed by atoms with Gasteiger partial charge in [0.2, 0.25) is 5.95 Å². The molecule has 0 saturated carbocycles. The second-order valence-corrected chi connectivity index (χ2v) is 4.35. The summed E-state index contributed by atoms with van der Waals surface area (Å²) in [5.74, 6) is 0.519. The summed E-state index contributed by atoms with van der Waals surface area (Å²) >= 11 is 0. The molecule has 0 aliphatic carbocycles. The molecule has 7 nitrogen and oxygen atoms in total. The molecule has 1 aromatic heterocycles. The summed E-state index contributed by atoms with van der Waals surface area (Å²) in [6, 6.07) is 0. The van der Waals surface area contributed by atoms with E-state index in [1.165, 1.54) is 0 Å². The van der Waals surface area contributed by atoms with Crippen LogP contribution in [0, 0.1) is 0 Å². The molecule has 0 radical (unpaired) electrons. The zero-order valence-corrected chi connectivity index (χ0v) is 11.7. The second kappa shape index (κ2) is 7.10. The minimum Gasteiger partial charge on any atom is -0.383 e. The Bertz CT molecular complexity index is 386. The predicted molar refractivity (Wildman–Crippen MR) is 75.3 cm³/mol. The van der Waals surface area contributed by atoms with Gasteiger partial charge in [0.15, 0.2) is 6.29 Å². The van der Waals surface area contributed by atoms with Crippen molar-refractivity contribution in [3.63, 3.8) is 0 Å². The lowest BCUT2D eigenvalue weighted by molar-refractivity contribution is -0.119. The van der Waals surface area contributed by atoms with E-state index in [0.717, 1.165) is 19.3 Å². The third-order valence-corrected chi connectivity index (χ3v) is 3.05. The quantitative estimate of drug-likeness (QED) is 0.634. The second-order valence-electron chi connectivity index (χ2n) is 4.35. The fourth-order valence-electron chi connectivity index (χ4n) is 2.17. The summed E-state index contributed by atoms with van der Waals surface area (Å²) in [5, 5.41) is 0. The van der Waals surface area contributed by atoms with Gasteiger partial charge in [-0.1, -0.05) is 19.8 Å². The van der Waals surface area contributed by atoms with Crippen LogP contribution in [0.15, 0.2) is 0 Å². The lowest BCUT2D eigenvalue weighted by atomic mass is 9.93. The molecule has 1 aromatic rings. The van der Waals surface area contributed by atoms with Crippen LogP contribution in [0.2, 0.25) is 0 Å². The van der Waals surface area contributed by atoms with Crippen molar-refractivity contribution in [3.8, 4) is 0 Å². The summed E-state index contributed by atoms with van der Waals surface area (Å²) < 4.78 is 10.7. The molecule has 0 spiro atoms. The van der Waals surface area contributed by atoms with Gasteiger partial charge in [-0.15, -0.1) is 0 Å². The minimum absolute atomic E-state index is 0.0689. The molecule has 7 heteroatoms.